The Bertz CT molecular complexity index is 642. The molecular formula is C20H26O4. The highest BCUT2D eigenvalue weighted by molar-refractivity contribution is 5.74. The quantitative estimate of drug-likeness (QED) is 0.798. The molecule has 1 heterocycles. The summed E-state index contributed by atoms with van der Waals surface area (Å²) in [4.78, 5) is 11.9. The Morgan fingerprint density at radius 2 is 2.08 bits per heavy atom. The smallest absolute Gasteiger partial charge is 0.231 e. The largest absolute Gasteiger partial charge is 0.454 e. The summed E-state index contributed by atoms with van der Waals surface area (Å²) in [5.41, 5.74) is 1.32. The van der Waals surface area contributed by atoms with Crippen molar-refractivity contribution in [2.75, 3.05) is 6.79 Å². The van der Waals surface area contributed by atoms with E-state index in [1.165, 1.54) is 5.57 Å². The number of carbonyl (C=O) groups is 1. The van der Waals surface area contributed by atoms with Crippen molar-refractivity contribution in [3.63, 3.8) is 0 Å². The second-order valence-electron chi connectivity index (χ2n) is 7.66. The van der Waals surface area contributed by atoms with Crippen molar-refractivity contribution in [2.45, 2.75) is 58.0 Å². The molecular weight excluding hydrogens is 304 g/mol. The Morgan fingerprint density at radius 1 is 1.29 bits per heavy atom. The molecule has 1 aliphatic carbocycles. The van der Waals surface area contributed by atoms with Crippen molar-refractivity contribution in [3.8, 4) is 11.5 Å². The van der Waals surface area contributed by atoms with E-state index in [-0.39, 0.29) is 12.2 Å². The molecule has 0 amide bonds. The van der Waals surface area contributed by atoms with E-state index in [0.717, 1.165) is 55.5 Å². The first kappa shape index (κ1) is 17.0. The van der Waals surface area contributed by atoms with E-state index < -0.39 is 5.60 Å². The molecule has 0 spiro atoms. The fourth-order valence-electron chi connectivity index (χ4n) is 3.64. The molecule has 0 saturated heterocycles. The topological polar surface area (TPSA) is 55.8 Å². The first-order valence-corrected chi connectivity index (χ1v) is 8.69. The van der Waals surface area contributed by atoms with E-state index in [1.807, 2.05) is 32.0 Å². The highest BCUT2D eigenvalue weighted by Gasteiger charge is 2.33. The minimum atomic E-state index is -0.672. The van der Waals surface area contributed by atoms with E-state index in [2.05, 4.69) is 6.08 Å². The summed E-state index contributed by atoms with van der Waals surface area (Å²) in [6.07, 6.45) is 8.31. The van der Waals surface area contributed by atoms with Crippen molar-refractivity contribution < 1.29 is 19.4 Å². The van der Waals surface area contributed by atoms with Crippen LogP contribution >= 0.6 is 0 Å². The van der Waals surface area contributed by atoms with Crippen LogP contribution in [0.4, 0.5) is 0 Å². The van der Waals surface area contributed by atoms with Gasteiger partial charge in [-0.05, 0) is 75.6 Å². The molecule has 1 unspecified atom stereocenters. The third-order valence-corrected chi connectivity index (χ3v) is 5.03. The lowest BCUT2D eigenvalue weighted by Gasteiger charge is -2.33. The molecule has 0 saturated carbocycles. The molecule has 3 rings (SSSR count). The lowest BCUT2D eigenvalue weighted by atomic mass is 9.70. The van der Waals surface area contributed by atoms with Gasteiger partial charge in [0.05, 0.1) is 5.60 Å². The molecule has 4 nitrogen and oxygen atoms in total. The standard InChI is InChI=1S/C20H26O4/c1-19(2,22)8-4-10-20(13-21)9-3-5-16(12-20)15-6-7-17-18(11-15)24-14-23-17/h5-7,11,13,22H,3-4,8-10,12,14H2,1-2H3. The number of aliphatic hydroxyl groups is 1. The van der Waals surface area contributed by atoms with Gasteiger partial charge in [0.15, 0.2) is 11.5 Å². The van der Waals surface area contributed by atoms with Crippen molar-refractivity contribution in [3.05, 3.63) is 29.8 Å². The molecule has 130 valence electrons. The van der Waals surface area contributed by atoms with Gasteiger partial charge < -0.3 is 19.4 Å². The van der Waals surface area contributed by atoms with Gasteiger partial charge in [0.25, 0.3) is 0 Å². The number of rotatable bonds is 6. The Morgan fingerprint density at radius 3 is 2.83 bits per heavy atom. The van der Waals surface area contributed by atoms with Crippen molar-refractivity contribution in [1.29, 1.82) is 0 Å². The molecule has 0 radical (unpaired) electrons. The average molecular weight is 330 g/mol. The summed E-state index contributed by atoms with van der Waals surface area (Å²) < 4.78 is 10.8. The zero-order valence-corrected chi connectivity index (χ0v) is 14.5. The van der Waals surface area contributed by atoms with Gasteiger partial charge in [-0.2, -0.15) is 0 Å². The molecule has 1 atom stereocenters. The molecule has 24 heavy (non-hydrogen) atoms. The predicted octanol–water partition coefficient (Wildman–Crippen LogP) is 4.11. The molecule has 1 aliphatic heterocycles. The van der Waals surface area contributed by atoms with Crippen molar-refractivity contribution in [1.82, 2.24) is 0 Å². The van der Waals surface area contributed by atoms with Crippen LogP contribution in [0.2, 0.25) is 0 Å². The normalized spacial score (nSPS) is 23.0. The zero-order valence-electron chi connectivity index (χ0n) is 14.5. The number of carbonyl (C=O) groups excluding carboxylic acids is 1. The maximum absolute atomic E-state index is 11.9. The lowest BCUT2D eigenvalue weighted by Crippen LogP contribution is -2.27. The minimum absolute atomic E-state index is 0.271. The van der Waals surface area contributed by atoms with E-state index in [0.29, 0.717) is 6.42 Å². The number of benzene rings is 1. The summed E-state index contributed by atoms with van der Waals surface area (Å²) >= 11 is 0. The first-order chi connectivity index (χ1) is 11.4. The van der Waals surface area contributed by atoms with Crippen LogP contribution in [-0.4, -0.2) is 23.8 Å². The van der Waals surface area contributed by atoms with E-state index in [1.54, 1.807) is 0 Å². The Labute approximate surface area is 143 Å². The molecule has 0 fully saturated rings. The summed E-state index contributed by atoms with van der Waals surface area (Å²) in [6.45, 7) is 3.91. The van der Waals surface area contributed by atoms with Gasteiger partial charge in [0, 0.05) is 5.41 Å². The molecule has 2 aliphatic rings. The minimum Gasteiger partial charge on any atom is -0.454 e. The van der Waals surface area contributed by atoms with Crippen LogP contribution in [0.15, 0.2) is 24.3 Å². The molecule has 0 aromatic heterocycles. The van der Waals surface area contributed by atoms with Crippen LogP contribution in [0.5, 0.6) is 11.5 Å². The number of hydrogen-bond acceptors (Lipinski definition) is 4. The highest BCUT2D eigenvalue weighted by Crippen LogP contribution is 2.44. The Hall–Kier alpha value is -1.81. The van der Waals surface area contributed by atoms with Crippen LogP contribution in [0, 0.1) is 5.41 Å². The van der Waals surface area contributed by atoms with Crippen LogP contribution in [-0.2, 0) is 4.79 Å². The second-order valence-corrected chi connectivity index (χ2v) is 7.66. The van der Waals surface area contributed by atoms with Crippen LogP contribution < -0.4 is 9.47 Å². The van der Waals surface area contributed by atoms with Crippen LogP contribution in [0.3, 0.4) is 0 Å². The van der Waals surface area contributed by atoms with Crippen LogP contribution in [0.25, 0.3) is 5.57 Å². The third kappa shape index (κ3) is 3.81. The maximum Gasteiger partial charge on any atom is 0.231 e. The fourth-order valence-corrected chi connectivity index (χ4v) is 3.64. The van der Waals surface area contributed by atoms with Gasteiger partial charge in [0.1, 0.15) is 6.29 Å². The predicted molar refractivity (Wildman–Crippen MR) is 93.0 cm³/mol. The molecule has 1 aromatic rings. The third-order valence-electron chi connectivity index (χ3n) is 5.03. The monoisotopic (exact) mass is 330 g/mol. The average Bonchev–Trinajstić information content (AvgIpc) is 3.01. The van der Waals surface area contributed by atoms with Gasteiger partial charge in [0.2, 0.25) is 6.79 Å². The van der Waals surface area contributed by atoms with E-state index >= 15 is 0 Å². The number of allylic oxidation sites excluding steroid dienone is 2. The summed E-state index contributed by atoms with van der Waals surface area (Å²) in [5.74, 6) is 1.56. The van der Waals surface area contributed by atoms with Crippen LogP contribution in [0.1, 0.15) is 57.9 Å². The fraction of sp³-hybridized carbons (Fsp3) is 0.550. The Balaban J connectivity index is 1.72. The van der Waals surface area contributed by atoms with Crippen molar-refractivity contribution in [2.24, 2.45) is 5.41 Å². The molecule has 0 bridgehead atoms. The molecule has 1 aromatic carbocycles. The highest BCUT2D eigenvalue weighted by atomic mass is 16.7. The van der Waals surface area contributed by atoms with Gasteiger partial charge in [-0.1, -0.05) is 12.1 Å². The summed E-state index contributed by atoms with van der Waals surface area (Å²) in [7, 11) is 0. The lowest BCUT2D eigenvalue weighted by molar-refractivity contribution is -0.117. The van der Waals surface area contributed by atoms with Gasteiger partial charge in [-0.15, -0.1) is 0 Å². The second kappa shape index (κ2) is 6.60. The molecule has 4 heteroatoms. The maximum atomic E-state index is 11.9. The van der Waals surface area contributed by atoms with Gasteiger partial charge >= 0.3 is 0 Å². The zero-order chi connectivity index (χ0) is 17.2. The number of ether oxygens (including phenoxy) is 2. The van der Waals surface area contributed by atoms with Gasteiger partial charge in [-0.3, -0.25) is 0 Å². The Kier molecular flexibility index (Phi) is 4.68. The summed E-state index contributed by atoms with van der Waals surface area (Å²) in [5, 5.41) is 9.90. The number of fused-ring (bicyclic) bond motifs is 1. The van der Waals surface area contributed by atoms with E-state index in [4.69, 9.17) is 9.47 Å². The number of hydrogen-bond donors (Lipinski definition) is 1. The van der Waals surface area contributed by atoms with Gasteiger partial charge in [-0.25, -0.2) is 0 Å². The van der Waals surface area contributed by atoms with Crippen molar-refractivity contribution >= 4 is 11.9 Å². The SMILES string of the molecule is CC(C)(O)CCCC1(C=O)CCC=C(c2ccc3c(c2)OCO3)C1. The number of aldehydes is 1. The summed E-state index contributed by atoms with van der Waals surface area (Å²) in [6, 6.07) is 5.98. The van der Waals surface area contributed by atoms with E-state index in [9.17, 15) is 9.90 Å². The molecule has 1 N–H and O–H groups in total. The first-order valence-electron chi connectivity index (χ1n) is 8.69.